The first-order valence-corrected chi connectivity index (χ1v) is 7.78. The molecule has 1 aromatic carbocycles. The molecule has 1 N–H and O–H groups in total. The quantitative estimate of drug-likeness (QED) is 0.892. The van der Waals surface area contributed by atoms with E-state index in [0.29, 0.717) is 17.7 Å². The normalized spacial score (nSPS) is 16.3. The molecule has 0 unspecified atom stereocenters. The molecule has 1 heterocycles. The lowest BCUT2D eigenvalue weighted by molar-refractivity contribution is 0.460. The molecule has 106 valence electrons. The lowest BCUT2D eigenvalue weighted by Gasteiger charge is -2.23. The van der Waals surface area contributed by atoms with Gasteiger partial charge in [-0.1, -0.05) is 35.2 Å². The molecule has 1 aliphatic carbocycles. The van der Waals surface area contributed by atoms with Crippen LogP contribution in [-0.2, 0) is 0 Å². The third kappa shape index (κ3) is 2.87. The van der Waals surface area contributed by atoms with Crippen LogP contribution in [-0.4, -0.2) is 15.6 Å². The molecule has 1 fully saturated rings. The fraction of sp³-hybridized carbons (Fsp3) is 0.400. The SMILES string of the molecule is Fc1ccc(Br)cc1-n1ccnc1NC1CCCCC1. The highest BCUT2D eigenvalue weighted by molar-refractivity contribution is 9.10. The zero-order valence-electron chi connectivity index (χ0n) is 11.1. The number of aromatic nitrogens is 2. The zero-order valence-corrected chi connectivity index (χ0v) is 12.7. The van der Waals surface area contributed by atoms with Crippen LogP contribution in [0, 0.1) is 5.82 Å². The van der Waals surface area contributed by atoms with Gasteiger partial charge in [0, 0.05) is 22.9 Å². The smallest absolute Gasteiger partial charge is 0.207 e. The van der Waals surface area contributed by atoms with E-state index in [2.05, 4.69) is 26.2 Å². The van der Waals surface area contributed by atoms with Crippen molar-refractivity contribution in [2.75, 3.05) is 5.32 Å². The van der Waals surface area contributed by atoms with E-state index in [9.17, 15) is 4.39 Å². The minimum atomic E-state index is -0.252. The number of nitrogens with one attached hydrogen (secondary N) is 1. The van der Waals surface area contributed by atoms with Crippen molar-refractivity contribution in [3.05, 3.63) is 40.9 Å². The number of nitrogens with zero attached hydrogens (tertiary/aromatic N) is 2. The van der Waals surface area contributed by atoms with Crippen LogP contribution in [0.2, 0.25) is 0 Å². The second-order valence-corrected chi connectivity index (χ2v) is 6.11. The van der Waals surface area contributed by atoms with E-state index < -0.39 is 0 Å². The summed E-state index contributed by atoms with van der Waals surface area (Å²) in [6.45, 7) is 0. The lowest BCUT2D eigenvalue weighted by Crippen LogP contribution is -2.24. The van der Waals surface area contributed by atoms with Gasteiger partial charge in [0.15, 0.2) is 0 Å². The Hall–Kier alpha value is -1.36. The molecule has 1 aliphatic rings. The van der Waals surface area contributed by atoms with Crippen LogP contribution < -0.4 is 5.32 Å². The molecule has 1 saturated carbocycles. The molecule has 0 spiro atoms. The molecule has 0 radical (unpaired) electrons. The van der Waals surface area contributed by atoms with Crippen LogP contribution in [0.1, 0.15) is 32.1 Å². The maximum Gasteiger partial charge on any atom is 0.207 e. The summed E-state index contributed by atoms with van der Waals surface area (Å²) >= 11 is 3.38. The van der Waals surface area contributed by atoms with Crippen molar-refractivity contribution in [1.82, 2.24) is 9.55 Å². The Morgan fingerprint density at radius 2 is 2.05 bits per heavy atom. The number of anilines is 1. The van der Waals surface area contributed by atoms with Gasteiger partial charge in [-0.2, -0.15) is 0 Å². The van der Waals surface area contributed by atoms with E-state index in [1.165, 1.54) is 25.3 Å². The molecule has 5 heteroatoms. The Morgan fingerprint density at radius 1 is 1.25 bits per heavy atom. The van der Waals surface area contributed by atoms with E-state index in [0.717, 1.165) is 17.3 Å². The summed E-state index contributed by atoms with van der Waals surface area (Å²) in [4.78, 5) is 4.33. The standard InChI is InChI=1S/C15H17BrFN3/c16-11-6-7-13(17)14(10-11)20-9-8-18-15(20)19-12-4-2-1-3-5-12/h6-10,12H,1-5H2,(H,18,19). The van der Waals surface area contributed by atoms with Crippen molar-refractivity contribution in [3.8, 4) is 5.69 Å². The van der Waals surface area contributed by atoms with E-state index in [-0.39, 0.29) is 5.82 Å². The van der Waals surface area contributed by atoms with E-state index in [1.807, 2.05) is 0 Å². The highest BCUT2D eigenvalue weighted by Gasteiger charge is 2.16. The van der Waals surface area contributed by atoms with Gasteiger partial charge in [0.2, 0.25) is 5.95 Å². The number of benzene rings is 1. The summed E-state index contributed by atoms with van der Waals surface area (Å²) in [5.41, 5.74) is 0.509. The molecule has 20 heavy (non-hydrogen) atoms. The van der Waals surface area contributed by atoms with Gasteiger partial charge in [0.1, 0.15) is 5.82 Å². The van der Waals surface area contributed by atoms with Crippen LogP contribution >= 0.6 is 15.9 Å². The van der Waals surface area contributed by atoms with Gasteiger partial charge in [0.05, 0.1) is 5.69 Å². The van der Waals surface area contributed by atoms with Crippen molar-refractivity contribution in [2.24, 2.45) is 0 Å². The molecular weight excluding hydrogens is 321 g/mol. The largest absolute Gasteiger partial charge is 0.353 e. The van der Waals surface area contributed by atoms with Crippen LogP contribution in [0.4, 0.5) is 10.3 Å². The van der Waals surface area contributed by atoms with Crippen molar-refractivity contribution in [2.45, 2.75) is 38.1 Å². The number of hydrogen-bond donors (Lipinski definition) is 1. The highest BCUT2D eigenvalue weighted by atomic mass is 79.9. The van der Waals surface area contributed by atoms with Crippen LogP contribution in [0.5, 0.6) is 0 Å². The van der Waals surface area contributed by atoms with Gasteiger partial charge in [-0.05, 0) is 31.0 Å². The van der Waals surface area contributed by atoms with Gasteiger partial charge in [-0.25, -0.2) is 9.37 Å². The Labute approximate surface area is 126 Å². The maximum absolute atomic E-state index is 14.0. The Balaban J connectivity index is 1.87. The van der Waals surface area contributed by atoms with Crippen LogP contribution in [0.25, 0.3) is 5.69 Å². The van der Waals surface area contributed by atoms with E-state index >= 15 is 0 Å². The first-order chi connectivity index (χ1) is 9.74. The van der Waals surface area contributed by atoms with E-state index in [4.69, 9.17) is 0 Å². The molecule has 3 nitrogen and oxygen atoms in total. The predicted molar refractivity (Wildman–Crippen MR) is 81.7 cm³/mol. The second-order valence-electron chi connectivity index (χ2n) is 5.20. The van der Waals surface area contributed by atoms with Gasteiger partial charge >= 0.3 is 0 Å². The molecule has 0 atom stereocenters. The summed E-state index contributed by atoms with van der Waals surface area (Å²) in [6.07, 6.45) is 9.63. The fourth-order valence-electron chi connectivity index (χ4n) is 2.70. The van der Waals surface area contributed by atoms with Gasteiger partial charge in [0.25, 0.3) is 0 Å². The van der Waals surface area contributed by atoms with Gasteiger partial charge < -0.3 is 5.32 Å². The fourth-order valence-corrected chi connectivity index (χ4v) is 3.05. The molecule has 0 bridgehead atoms. The number of hydrogen-bond acceptors (Lipinski definition) is 2. The van der Waals surface area contributed by atoms with Crippen molar-refractivity contribution in [1.29, 1.82) is 0 Å². The molecule has 1 aromatic heterocycles. The summed E-state index contributed by atoms with van der Waals surface area (Å²) in [5.74, 6) is 0.465. The minimum absolute atomic E-state index is 0.252. The number of halogens is 2. The average molecular weight is 338 g/mol. The molecule has 2 aromatic rings. The summed E-state index contributed by atoms with van der Waals surface area (Å²) in [7, 11) is 0. The van der Waals surface area contributed by atoms with Crippen LogP contribution in [0.15, 0.2) is 35.1 Å². The Bertz CT molecular complexity index is 591. The van der Waals surface area contributed by atoms with Crippen molar-refractivity contribution >= 4 is 21.9 Å². The Kier molecular flexibility index (Phi) is 4.05. The summed E-state index contributed by atoms with van der Waals surface area (Å²) in [6, 6.07) is 5.37. The summed E-state index contributed by atoms with van der Waals surface area (Å²) < 4.78 is 16.6. The molecule has 0 amide bonds. The topological polar surface area (TPSA) is 29.9 Å². The Morgan fingerprint density at radius 3 is 2.85 bits per heavy atom. The third-order valence-electron chi connectivity index (χ3n) is 3.75. The maximum atomic E-state index is 14.0. The third-order valence-corrected chi connectivity index (χ3v) is 4.24. The summed E-state index contributed by atoms with van der Waals surface area (Å²) in [5, 5.41) is 3.44. The van der Waals surface area contributed by atoms with Gasteiger partial charge in [-0.3, -0.25) is 4.57 Å². The minimum Gasteiger partial charge on any atom is -0.353 e. The number of imidazole rings is 1. The predicted octanol–water partition coefficient (Wildman–Crippen LogP) is 4.52. The van der Waals surface area contributed by atoms with Crippen LogP contribution in [0.3, 0.4) is 0 Å². The van der Waals surface area contributed by atoms with Crippen molar-refractivity contribution < 1.29 is 4.39 Å². The first kappa shape index (κ1) is 13.6. The first-order valence-electron chi connectivity index (χ1n) is 6.99. The highest BCUT2D eigenvalue weighted by Crippen LogP contribution is 2.25. The zero-order chi connectivity index (χ0) is 13.9. The molecule has 3 rings (SSSR count). The van der Waals surface area contributed by atoms with E-state index in [1.54, 1.807) is 29.1 Å². The monoisotopic (exact) mass is 337 g/mol. The van der Waals surface area contributed by atoms with Crippen molar-refractivity contribution in [3.63, 3.8) is 0 Å². The molecular formula is C15H17BrFN3. The molecule has 0 saturated heterocycles. The molecule has 0 aliphatic heterocycles. The second kappa shape index (κ2) is 5.95. The number of rotatable bonds is 3. The average Bonchev–Trinajstić information content (AvgIpc) is 2.91. The van der Waals surface area contributed by atoms with Gasteiger partial charge in [-0.15, -0.1) is 0 Å². The lowest BCUT2D eigenvalue weighted by atomic mass is 9.96.